The van der Waals surface area contributed by atoms with E-state index in [1.54, 1.807) is 0 Å². The summed E-state index contributed by atoms with van der Waals surface area (Å²) in [5, 5.41) is 2.36. The van der Waals surface area contributed by atoms with E-state index in [0.29, 0.717) is 6.42 Å². The zero-order valence-electron chi connectivity index (χ0n) is 8.94. The first-order valence-electron chi connectivity index (χ1n) is 4.80. The summed E-state index contributed by atoms with van der Waals surface area (Å²) in [5.41, 5.74) is -0.0301. The molecule has 0 heterocycles. The second-order valence-electron chi connectivity index (χ2n) is 3.19. The van der Waals surface area contributed by atoms with Crippen LogP contribution in [-0.2, 0) is 26.5 Å². The molecule has 0 unspecified atom stereocenters. The summed E-state index contributed by atoms with van der Waals surface area (Å²) in [7, 11) is 0. The van der Waals surface area contributed by atoms with Crippen molar-refractivity contribution in [2.45, 2.75) is 26.2 Å². The Bertz CT molecular complexity index is 358. The van der Waals surface area contributed by atoms with Crippen LogP contribution in [0.1, 0.15) is 26.2 Å². The van der Waals surface area contributed by atoms with E-state index >= 15 is 0 Å². The number of carbonyl (C=O) groups excluding carboxylic acids is 1. The van der Waals surface area contributed by atoms with E-state index in [-0.39, 0.29) is 33.3 Å². The molecule has 16 heavy (non-hydrogen) atoms. The summed E-state index contributed by atoms with van der Waals surface area (Å²) in [6.45, 7) is 1.96. The van der Waals surface area contributed by atoms with Crippen LogP contribution in [-0.4, -0.2) is 5.91 Å². The predicted molar refractivity (Wildman–Crippen MR) is 53.3 cm³/mol. The molecule has 0 saturated heterocycles. The Morgan fingerprint density at radius 2 is 2.12 bits per heavy atom. The maximum absolute atomic E-state index is 13.0. The summed E-state index contributed by atoms with van der Waals surface area (Å²) in [4.78, 5) is 11.2. The number of hydrogen-bond acceptors (Lipinski definition) is 1. The summed E-state index contributed by atoms with van der Waals surface area (Å²) < 4.78 is 25.5. The molecule has 1 amide bonds. The Labute approximate surface area is 108 Å². The fourth-order valence-electron chi connectivity index (χ4n) is 1.09. The molecular formula is C11H12F2NOTi-. The number of halogens is 2. The van der Waals surface area contributed by atoms with Gasteiger partial charge in [-0.2, -0.15) is 0 Å². The van der Waals surface area contributed by atoms with Crippen LogP contribution in [0.4, 0.5) is 14.5 Å². The summed E-state index contributed by atoms with van der Waals surface area (Å²) >= 11 is 0. The van der Waals surface area contributed by atoms with Crippen molar-refractivity contribution in [1.29, 1.82) is 0 Å². The SMILES string of the molecule is CCCCC(=O)Nc1ccc(F)[c-]c1F.[Ti]. The van der Waals surface area contributed by atoms with Crippen LogP contribution in [0.25, 0.3) is 0 Å². The summed E-state index contributed by atoms with van der Waals surface area (Å²) in [6.07, 6.45) is 1.98. The molecule has 1 aromatic rings. The second kappa shape index (κ2) is 7.52. The fraction of sp³-hybridized carbons (Fsp3) is 0.364. The monoisotopic (exact) mass is 260 g/mol. The molecule has 0 aliphatic carbocycles. The minimum atomic E-state index is -0.875. The van der Waals surface area contributed by atoms with Crippen molar-refractivity contribution in [3.05, 3.63) is 29.8 Å². The van der Waals surface area contributed by atoms with Crippen molar-refractivity contribution in [3.8, 4) is 0 Å². The number of unbranched alkanes of at least 4 members (excludes halogenated alkanes) is 1. The minimum Gasteiger partial charge on any atom is -0.377 e. The van der Waals surface area contributed by atoms with Crippen molar-refractivity contribution >= 4 is 11.6 Å². The molecule has 5 heteroatoms. The molecule has 0 bridgehead atoms. The molecule has 0 radical (unpaired) electrons. The maximum Gasteiger partial charge on any atom is 0.213 e. The third kappa shape index (κ3) is 4.86. The quantitative estimate of drug-likeness (QED) is 0.654. The third-order valence-corrected chi connectivity index (χ3v) is 1.89. The van der Waals surface area contributed by atoms with E-state index in [2.05, 4.69) is 5.32 Å². The predicted octanol–water partition coefficient (Wildman–Crippen LogP) is 2.89. The Morgan fingerprint density at radius 1 is 1.44 bits per heavy atom. The van der Waals surface area contributed by atoms with Crippen molar-refractivity contribution in [2.75, 3.05) is 5.32 Å². The van der Waals surface area contributed by atoms with Crippen LogP contribution in [0, 0.1) is 17.7 Å². The van der Waals surface area contributed by atoms with Gasteiger partial charge in [-0.15, -0.1) is 18.2 Å². The summed E-state index contributed by atoms with van der Waals surface area (Å²) in [5.74, 6) is -1.92. The average molecular weight is 260 g/mol. The first-order valence-corrected chi connectivity index (χ1v) is 4.80. The van der Waals surface area contributed by atoms with Gasteiger partial charge in [0.2, 0.25) is 5.91 Å². The molecule has 2 nitrogen and oxygen atoms in total. The number of anilines is 1. The fourth-order valence-corrected chi connectivity index (χ4v) is 1.09. The van der Waals surface area contributed by atoms with Gasteiger partial charge in [-0.3, -0.25) is 4.79 Å². The Balaban J connectivity index is 0.00000225. The molecule has 0 aliphatic rings. The molecule has 1 rings (SSSR count). The first kappa shape index (κ1) is 15.3. The molecule has 0 fully saturated rings. The van der Waals surface area contributed by atoms with E-state index in [1.807, 2.05) is 13.0 Å². The normalized spacial score (nSPS) is 9.44. The van der Waals surface area contributed by atoms with Gasteiger partial charge >= 0.3 is 0 Å². The second-order valence-corrected chi connectivity index (χ2v) is 3.19. The molecule has 0 saturated carbocycles. The van der Waals surface area contributed by atoms with Crippen LogP contribution < -0.4 is 5.32 Å². The molecule has 0 spiro atoms. The number of amides is 1. The van der Waals surface area contributed by atoms with Crippen molar-refractivity contribution in [1.82, 2.24) is 0 Å². The number of carbonyl (C=O) groups is 1. The Kier molecular flexibility index (Phi) is 7.18. The van der Waals surface area contributed by atoms with Crippen molar-refractivity contribution in [2.24, 2.45) is 0 Å². The maximum atomic E-state index is 13.0. The zero-order valence-corrected chi connectivity index (χ0v) is 10.5. The molecule has 0 atom stereocenters. The number of nitrogens with one attached hydrogen (secondary N) is 1. The van der Waals surface area contributed by atoms with Gasteiger partial charge in [-0.1, -0.05) is 13.3 Å². The molecule has 1 aromatic carbocycles. The van der Waals surface area contributed by atoms with Gasteiger partial charge < -0.3 is 5.32 Å². The van der Waals surface area contributed by atoms with Gasteiger partial charge in [-0.05, 0) is 12.1 Å². The van der Waals surface area contributed by atoms with Crippen LogP contribution in [0.15, 0.2) is 12.1 Å². The molecular weight excluding hydrogens is 248 g/mol. The minimum absolute atomic E-state index is 0. The van der Waals surface area contributed by atoms with E-state index < -0.39 is 11.6 Å². The Hall–Kier alpha value is -0.736. The standard InChI is InChI=1S/C11H12F2NO.Ti/c1-2-3-4-11(15)14-10-6-5-8(12)7-9(10)13;/h5-6H,2-4H2,1H3,(H,14,15);/q-1;. The van der Waals surface area contributed by atoms with Crippen LogP contribution in [0.5, 0.6) is 0 Å². The molecule has 86 valence electrons. The number of benzene rings is 1. The van der Waals surface area contributed by atoms with E-state index in [4.69, 9.17) is 0 Å². The van der Waals surface area contributed by atoms with Crippen molar-refractivity contribution in [3.63, 3.8) is 0 Å². The van der Waals surface area contributed by atoms with Gasteiger partial charge in [-0.25, -0.2) is 8.78 Å². The Morgan fingerprint density at radius 3 is 2.69 bits per heavy atom. The van der Waals surface area contributed by atoms with Crippen LogP contribution in [0.3, 0.4) is 0 Å². The number of rotatable bonds is 4. The summed E-state index contributed by atoms with van der Waals surface area (Å²) in [6, 6.07) is 4.09. The van der Waals surface area contributed by atoms with Gasteiger partial charge in [0, 0.05) is 39.8 Å². The third-order valence-electron chi connectivity index (χ3n) is 1.89. The topological polar surface area (TPSA) is 29.1 Å². The van der Waals surface area contributed by atoms with Crippen LogP contribution >= 0.6 is 0 Å². The van der Waals surface area contributed by atoms with Gasteiger partial charge in [0.15, 0.2) is 0 Å². The van der Waals surface area contributed by atoms with Gasteiger partial charge in [0.05, 0.1) is 0 Å². The van der Waals surface area contributed by atoms with E-state index in [0.717, 1.165) is 18.9 Å². The molecule has 0 aliphatic heterocycles. The zero-order chi connectivity index (χ0) is 11.3. The van der Waals surface area contributed by atoms with Crippen LogP contribution in [0.2, 0.25) is 0 Å². The largest absolute Gasteiger partial charge is 0.377 e. The number of hydrogen-bond donors (Lipinski definition) is 1. The molecule has 0 aromatic heterocycles. The smallest absolute Gasteiger partial charge is 0.213 e. The van der Waals surface area contributed by atoms with E-state index in [9.17, 15) is 13.6 Å². The molecule has 1 N–H and O–H groups in total. The average Bonchev–Trinajstić information content (AvgIpc) is 2.19. The van der Waals surface area contributed by atoms with Gasteiger partial charge in [0.25, 0.3) is 0 Å². The first-order chi connectivity index (χ1) is 7.13. The van der Waals surface area contributed by atoms with Gasteiger partial charge in [0.1, 0.15) is 0 Å². The van der Waals surface area contributed by atoms with Crippen molar-refractivity contribution < 1.29 is 35.3 Å². The van der Waals surface area contributed by atoms with E-state index in [1.165, 1.54) is 6.07 Å².